The second kappa shape index (κ2) is 8.65. The number of nitrogens with zero attached hydrogens (tertiary/aromatic N) is 1. The molecule has 0 bridgehead atoms. The summed E-state index contributed by atoms with van der Waals surface area (Å²) in [7, 11) is -1.93. The molecule has 1 aliphatic heterocycles. The van der Waals surface area contributed by atoms with Gasteiger partial charge in [0.25, 0.3) is 5.91 Å². The third kappa shape index (κ3) is 4.30. The van der Waals surface area contributed by atoms with E-state index in [1.165, 1.54) is 19.2 Å². The average Bonchev–Trinajstić information content (AvgIpc) is 2.67. The van der Waals surface area contributed by atoms with E-state index in [1.807, 2.05) is 0 Å². The number of hydrogen-bond acceptors (Lipinski definition) is 5. The van der Waals surface area contributed by atoms with Gasteiger partial charge in [-0.1, -0.05) is 13.3 Å². The lowest BCUT2D eigenvalue weighted by atomic mass is 10.1. The summed E-state index contributed by atoms with van der Waals surface area (Å²) < 4.78 is 36.0. The van der Waals surface area contributed by atoms with Crippen LogP contribution in [0.5, 0.6) is 11.5 Å². The van der Waals surface area contributed by atoms with Crippen molar-refractivity contribution in [3.05, 3.63) is 54.1 Å². The molecular weight excluding hydrogens is 378 g/mol. The maximum Gasteiger partial charge on any atom is 0.253 e. The number of methoxy groups -OCH3 is 1. The summed E-state index contributed by atoms with van der Waals surface area (Å²) in [4.78, 5) is 14.4. The van der Waals surface area contributed by atoms with E-state index in [4.69, 9.17) is 9.47 Å². The summed E-state index contributed by atoms with van der Waals surface area (Å²) in [5.74, 6) is 1.17. The van der Waals surface area contributed by atoms with Crippen LogP contribution in [0.4, 0.5) is 0 Å². The van der Waals surface area contributed by atoms with Crippen molar-refractivity contribution < 1.29 is 22.7 Å². The quantitative estimate of drug-likeness (QED) is 0.633. The molecular formula is C21H25NO5S. The van der Waals surface area contributed by atoms with Crippen molar-refractivity contribution in [2.75, 3.05) is 26.8 Å². The van der Waals surface area contributed by atoms with E-state index in [9.17, 15) is 13.2 Å². The lowest BCUT2D eigenvalue weighted by Gasteiger charge is -2.38. The summed E-state index contributed by atoms with van der Waals surface area (Å²) >= 11 is 0. The molecule has 1 heterocycles. The van der Waals surface area contributed by atoms with Crippen LogP contribution in [0.1, 0.15) is 30.1 Å². The fraction of sp³-hybridized carbons (Fsp3) is 0.381. The number of hydrogen-bond donors (Lipinski definition) is 0. The molecule has 0 spiro atoms. The summed E-state index contributed by atoms with van der Waals surface area (Å²) in [6.07, 6.45) is 2.05. The summed E-state index contributed by atoms with van der Waals surface area (Å²) in [6.45, 7) is 3.14. The van der Waals surface area contributed by atoms with Crippen molar-refractivity contribution in [2.45, 2.75) is 29.9 Å². The third-order valence-electron chi connectivity index (χ3n) is 4.83. The van der Waals surface area contributed by atoms with Gasteiger partial charge in [-0.15, -0.1) is 0 Å². The third-order valence-corrected chi connectivity index (χ3v) is 6.93. The first-order valence-corrected chi connectivity index (χ1v) is 10.9. The van der Waals surface area contributed by atoms with Crippen LogP contribution < -0.4 is 9.47 Å². The average molecular weight is 404 g/mol. The van der Waals surface area contributed by atoms with Gasteiger partial charge < -0.3 is 14.4 Å². The number of ether oxygens (including phenoxy) is 2. The largest absolute Gasteiger partial charge is 0.497 e. The molecule has 1 aliphatic rings. The zero-order valence-corrected chi connectivity index (χ0v) is 16.9. The van der Waals surface area contributed by atoms with E-state index >= 15 is 0 Å². The van der Waals surface area contributed by atoms with Crippen molar-refractivity contribution in [3.8, 4) is 11.5 Å². The standard InChI is InChI=1S/C21H25NO5S/c1-3-4-13-27-18-7-5-16(6-8-18)21(23)22-14-20(15-22)28(24,25)19-11-9-17(26-2)10-12-19/h5-12,20H,3-4,13-15H2,1-2H3. The molecule has 0 unspecified atom stereocenters. The van der Waals surface area contributed by atoms with Crippen LogP contribution in [0, 0.1) is 0 Å². The number of carbonyl (C=O) groups excluding carboxylic acids is 1. The Balaban J connectivity index is 1.58. The van der Waals surface area contributed by atoms with Crippen molar-refractivity contribution in [3.63, 3.8) is 0 Å². The molecule has 2 aromatic carbocycles. The molecule has 1 saturated heterocycles. The van der Waals surface area contributed by atoms with Gasteiger partial charge >= 0.3 is 0 Å². The molecule has 0 N–H and O–H groups in total. The molecule has 6 nitrogen and oxygen atoms in total. The predicted octanol–water partition coefficient (Wildman–Crippen LogP) is 3.17. The van der Waals surface area contributed by atoms with Crippen LogP contribution in [-0.4, -0.2) is 51.3 Å². The van der Waals surface area contributed by atoms with Crippen molar-refractivity contribution >= 4 is 15.7 Å². The van der Waals surface area contributed by atoms with Crippen LogP contribution in [0.25, 0.3) is 0 Å². The Kier molecular flexibility index (Phi) is 6.24. The van der Waals surface area contributed by atoms with Crippen LogP contribution in [-0.2, 0) is 9.84 Å². The maximum absolute atomic E-state index is 12.7. The summed E-state index contributed by atoms with van der Waals surface area (Å²) in [5, 5.41) is -0.582. The summed E-state index contributed by atoms with van der Waals surface area (Å²) in [6, 6.07) is 13.3. The lowest BCUT2D eigenvalue weighted by Crippen LogP contribution is -2.56. The molecule has 0 saturated carbocycles. The first-order chi connectivity index (χ1) is 13.5. The Morgan fingerprint density at radius 2 is 1.64 bits per heavy atom. The van der Waals surface area contributed by atoms with Gasteiger partial charge in [0.05, 0.1) is 18.6 Å². The minimum Gasteiger partial charge on any atom is -0.497 e. The Hall–Kier alpha value is -2.54. The number of sulfone groups is 1. The molecule has 0 atom stereocenters. The molecule has 2 aromatic rings. The number of carbonyl (C=O) groups is 1. The van der Waals surface area contributed by atoms with Crippen molar-refractivity contribution in [2.24, 2.45) is 0 Å². The predicted molar refractivity (Wildman–Crippen MR) is 107 cm³/mol. The Morgan fingerprint density at radius 1 is 1.04 bits per heavy atom. The Bertz CT molecular complexity index is 901. The van der Waals surface area contributed by atoms with Gasteiger partial charge in [0.2, 0.25) is 0 Å². The monoisotopic (exact) mass is 403 g/mol. The highest BCUT2D eigenvalue weighted by Crippen LogP contribution is 2.26. The van der Waals surface area contributed by atoms with Gasteiger partial charge in [-0.05, 0) is 55.0 Å². The zero-order chi connectivity index (χ0) is 20.1. The van der Waals surface area contributed by atoms with Gasteiger partial charge in [-0.3, -0.25) is 4.79 Å². The molecule has 0 aromatic heterocycles. The number of benzene rings is 2. The fourth-order valence-electron chi connectivity index (χ4n) is 2.97. The first-order valence-electron chi connectivity index (χ1n) is 9.35. The van der Waals surface area contributed by atoms with Gasteiger partial charge in [-0.2, -0.15) is 0 Å². The highest BCUT2D eigenvalue weighted by molar-refractivity contribution is 7.92. The van der Waals surface area contributed by atoms with E-state index in [-0.39, 0.29) is 23.9 Å². The zero-order valence-electron chi connectivity index (χ0n) is 16.1. The smallest absolute Gasteiger partial charge is 0.253 e. The second-order valence-electron chi connectivity index (χ2n) is 6.78. The van der Waals surface area contributed by atoms with Gasteiger partial charge in [0.1, 0.15) is 16.7 Å². The highest BCUT2D eigenvalue weighted by Gasteiger charge is 2.40. The number of likely N-dealkylation sites (tertiary alicyclic amines) is 1. The minimum absolute atomic E-state index is 0.165. The van der Waals surface area contributed by atoms with Crippen LogP contribution in [0.3, 0.4) is 0 Å². The molecule has 3 rings (SSSR count). The molecule has 28 heavy (non-hydrogen) atoms. The summed E-state index contributed by atoms with van der Waals surface area (Å²) in [5.41, 5.74) is 0.531. The normalized spacial score (nSPS) is 14.4. The van der Waals surface area contributed by atoms with E-state index in [0.29, 0.717) is 17.9 Å². The number of unbranched alkanes of at least 4 members (excludes halogenated alkanes) is 1. The van der Waals surface area contributed by atoms with Crippen LogP contribution in [0.2, 0.25) is 0 Å². The SMILES string of the molecule is CCCCOc1ccc(C(=O)N2CC(S(=O)(=O)c3ccc(OC)cc3)C2)cc1. The highest BCUT2D eigenvalue weighted by atomic mass is 32.2. The van der Waals surface area contributed by atoms with Crippen molar-refractivity contribution in [1.82, 2.24) is 4.90 Å². The van der Waals surface area contributed by atoms with Crippen molar-refractivity contribution in [1.29, 1.82) is 0 Å². The van der Waals surface area contributed by atoms with E-state index in [0.717, 1.165) is 18.6 Å². The molecule has 1 fully saturated rings. The molecule has 0 aliphatic carbocycles. The number of rotatable bonds is 8. The topological polar surface area (TPSA) is 72.9 Å². The van der Waals surface area contributed by atoms with Gasteiger partial charge in [0, 0.05) is 18.7 Å². The van der Waals surface area contributed by atoms with E-state index in [2.05, 4.69) is 6.92 Å². The van der Waals surface area contributed by atoms with Gasteiger partial charge in [0.15, 0.2) is 9.84 Å². The molecule has 0 radical (unpaired) electrons. The van der Waals surface area contributed by atoms with Crippen LogP contribution in [0.15, 0.2) is 53.4 Å². The molecule has 7 heteroatoms. The van der Waals surface area contributed by atoms with Crippen LogP contribution >= 0.6 is 0 Å². The Labute approximate surface area is 166 Å². The molecule has 150 valence electrons. The van der Waals surface area contributed by atoms with E-state index < -0.39 is 15.1 Å². The second-order valence-corrected chi connectivity index (χ2v) is 9.01. The maximum atomic E-state index is 12.7. The Morgan fingerprint density at radius 3 is 2.21 bits per heavy atom. The fourth-order valence-corrected chi connectivity index (χ4v) is 4.62. The van der Waals surface area contributed by atoms with Gasteiger partial charge in [-0.25, -0.2) is 8.42 Å². The first kappa shape index (κ1) is 20.2. The van der Waals surface area contributed by atoms with E-state index in [1.54, 1.807) is 41.3 Å². The molecule has 1 amide bonds. The lowest BCUT2D eigenvalue weighted by molar-refractivity contribution is 0.0659. The number of amides is 1. The minimum atomic E-state index is -3.46.